The van der Waals surface area contributed by atoms with E-state index in [0.717, 1.165) is 14.7 Å². The summed E-state index contributed by atoms with van der Waals surface area (Å²) in [4.78, 5) is 25.1. The third kappa shape index (κ3) is 5.58. The molecule has 0 spiro atoms. The first-order valence-corrected chi connectivity index (χ1v) is 10.3. The van der Waals surface area contributed by atoms with Gasteiger partial charge in [0.05, 0.1) is 22.3 Å². The van der Waals surface area contributed by atoms with Crippen molar-refractivity contribution in [2.75, 3.05) is 26.3 Å². The minimum Gasteiger partial charge on any atom is -0.488 e. The fraction of sp³-hybridized carbons (Fsp3) is 0.227. The van der Waals surface area contributed by atoms with Crippen LogP contribution < -0.4 is 4.74 Å². The number of nitrogens with zero attached hydrogens (tertiary/aromatic N) is 2. The lowest BCUT2D eigenvalue weighted by atomic mass is 10.1. The van der Waals surface area contributed by atoms with Gasteiger partial charge in [0.1, 0.15) is 24.0 Å². The molecule has 1 heterocycles. The van der Waals surface area contributed by atoms with Gasteiger partial charge in [0, 0.05) is 13.1 Å². The number of carbonyl (C=O) groups is 2. The highest BCUT2D eigenvalue weighted by Crippen LogP contribution is 2.24. The number of aromatic carboxylic acids is 1. The van der Waals surface area contributed by atoms with Crippen molar-refractivity contribution in [3.63, 3.8) is 0 Å². The maximum Gasteiger partial charge on any atom is 0.335 e. The normalized spacial score (nSPS) is 14.1. The molecule has 0 radical (unpaired) electrons. The molecule has 1 amide bonds. The van der Waals surface area contributed by atoms with Gasteiger partial charge in [-0.1, -0.05) is 18.2 Å². The highest BCUT2D eigenvalue weighted by molar-refractivity contribution is 14.1. The molecule has 0 saturated carbocycles. The van der Waals surface area contributed by atoms with Crippen LogP contribution in [0.15, 0.2) is 48.0 Å². The standard InChI is InChI=1S/C22H19IN2O5/c23-19-12-16(11-18(13-24)21(26)25-7-9-29-10-8-25)3-6-20(19)30-14-15-1-4-17(5-2-15)22(27)28/h1-6,11-12H,7-10,14H2,(H,27,28). The maximum atomic E-state index is 12.5. The zero-order valence-corrected chi connectivity index (χ0v) is 18.2. The summed E-state index contributed by atoms with van der Waals surface area (Å²) in [6.07, 6.45) is 1.58. The number of carboxylic acids is 1. The van der Waals surface area contributed by atoms with E-state index < -0.39 is 5.97 Å². The van der Waals surface area contributed by atoms with Gasteiger partial charge in [0.25, 0.3) is 5.91 Å². The Morgan fingerprint density at radius 2 is 1.90 bits per heavy atom. The van der Waals surface area contributed by atoms with Gasteiger partial charge in [0.15, 0.2) is 0 Å². The minimum atomic E-state index is -0.968. The first-order chi connectivity index (χ1) is 14.5. The smallest absolute Gasteiger partial charge is 0.335 e. The second-order valence-corrected chi connectivity index (χ2v) is 7.72. The molecule has 0 aliphatic carbocycles. The second kappa shape index (κ2) is 10.2. The molecular weight excluding hydrogens is 499 g/mol. The first kappa shape index (κ1) is 21.8. The molecule has 3 rings (SSSR count). The van der Waals surface area contributed by atoms with Gasteiger partial charge in [-0.25, -0.2) is 4.79 Å². The summed E-state index contributed by atoms with van der Waals surface area (Å²) in [6.45, 7) is 2.22. The van der Waals surface area contributed by atoms with Crippen molar-refractivity contribution in [2.45, 2.75) is 6.61 Å². The predicted octanol–water partition coefficient (Wildman–Crippen LogP) is 3.33. The number of halogens is 1. The maximum absolute atomic E-state index is 12.5. The molecule has 0 unspecified atom stereocenters. The number of nitriles is 1. The van der Waals surface area contributed by atoms with Crippen molar-refractivity contribution in [2.24, 2.45) is 0 Å². The number of benzene rings is 2. The van der Waals surface area contributed by atoms with Gasteiger partial charge in [-0.2, -0.15) is 5.26 Å². The second-order valence-electron chi connectivity index (χ2n) is 6.55. The van der Waals surface area contributed by atoms with Crippen molar-refractivity contribution in [1.82, 2.24) is 4.90 Å². The van der Waals surface area contributed by atoms with E-state index in [1.165, 1.54) is 12.1 Å². The van der Waals surface area contributed by atoms with E-state index >= 15 is 0 Å². The molecule has 1 N–H and O–H groups in total. The Bertz CT molecular complexity index is 1010. The van der Waals surface area contributed by atoms with E-state index in [0.29, 0.717) is 38.7 Å². The van der Waals surface area contributed by atoms with Crippen LogP contribution in [0.3, 0.4) is 0 Å². The summed E-state index contributed by atoms with van der Waals surface area (Å²) in [6, 6.07) is 13.9. The van der Waals surface area contributed by atoms with E-state index in [1.54, 1.807) is 35.2 Å². The molecule has 2 aromatic rings. The van der Waals surface area contributed by atoms with Crippen LogP contribution in [0.1, 0.15) is 21.5 Å². The molecule has 2 aromatic carbocycles. The largest absolute Gasteiger partial charge is 0.488 e. The Hall–Kier alpha value is -2.90. The molecule has 0 aromatic heterocycles. The number of hydrogen-bond donors (Lipinski definition) is 1. The lowest BCUT2D eigenvalue weighted by Gasteiger charge is -2.26. The Kier molecular flexibility index (Phi) is 7.43. The molecular formula is C22H19IN2O5. The number of ether oxygens (including phenoxy) is 2. The molecule has 30 heavy (non-hydrogen) atoms. The summed E-state index contributed by atoms with van der Waals surface area (Å²) >= 11 is 2.14. The van der Waals surface area contributed by atoms with Gasteiger partial charge >= 0.3 is 5.97 Å². The van der Waals surface area contributed by atoms with E-state index in [9.17, 15) is 14.9 Å². The molecule has 1 saturated heterocycles. The highest BCUT2D eigenvalue weighted by Gasteiger charge is 2.20. The number of amides is 1. The molecule has 1 fully saturated rings. The highest BCUT2D eigenvalue weighted by atomic mass is 127. The average Bonchev–Trinajstić information content (AvgIpc) is 2.77. The van der Waals surface area contributed by atoms with Crippen LogP contribution >= 0.6 is 22.6 Å². The zero-order valence-electron chi connectivity index (χ0n) is 16.0. The average molecular weight is 518 g/mol. The Balaban J connectivity index is 1.67. The van der Waals surface area contributed by atoms with Crippen molar-refractivity contribution >= 4 is 40.5 Å². The fourth-order valence-corrected chi connectivity index (χ4v) is 3.57. The van der Waals surface area contributed by atoms with Crippen molar-refractivity contribution < 1.29 is 24.2 Å². The number of carbonyl (C=O) groups excluding carboxylic acids is 1. The molecule has 7 nitrogen and oxygen atoms in total. The topological polar surface area (TPSA) is 99.9 Å². The summed E-state index contributed by atoms with van der Waals surface area (Å²) in [5, 5.41) is 18.4. The first-order valence-electron chi connectivity index (χ1n) is 9.21. The lowest BCUT2D eigenvalue weighted by molar-refractivity contribution is -0.130. The van der Waals surface area contributed by atoms with Gasteiger partial charge in [-0.05, 0) is 64.1 Å². The van der Waals surface area contributed by atoms with Crippen LogP contribution in [0.25, 0.3) is 6.08 Å². The van der Waals surface area contributed by atoms with Crippen LogP contribution in [-0.4, -0.2) is 48.2 Å². The summed E-state index contributed by atoms with van der Waals surface area (Å²) in [7, 11) is 0. The van der Waals surface area contributed by atoms with Crippen LogP contribution in [0.2, 0.25) is 0 Å². The van der Waals surface area contributed by atoms with E-state index in [-0.39, 0.29) is 17.0 Å². The van der Waals surface area contributed by atoms with Crippen molar-refractivity contribution in [1.29, 1.82) is 5.26 Å². The Morgan fingerprint density at radius 1 is 1.20 bits per heavy atom. The SMILES string of the molecule is N#CC(=Cc1ccc(OCc2ccc(C(=O)O)cc2)c(I)c1)C(=O)N1CCOCC1. The van der Waals surface area contributed by atoms with E-state index in [4.69, 9.17) is 14.6 Å². The van der Waals surface area contributed by atoms with Crippen molar-refractivity contribution in [3.8, 4) is 11.8 Å². The van der Waals surface area contributed by atoms with E-state index in [1.807, 2.05) is 12.1 Å². The molecule has 0 atom stereocenters. The van der Waals surface area contributed by atoms with Gasteiger partial charge in [0.2, 0.25) is 0 Å². The van der Waals surface area contributed by atoms with Gasteiger partial charge < -0.3 is 19.5 Å². The summed E-state index contributed by atoms with van der Waals surface area (Å²) in [5.74, 6) is -0.599. The van der Waals surface area contributed by atoms with Gasteiger partial charge in [-0.15, -0.1) is 0 Å². The van der Waals surface area contributed by atoms with Crippen LogP contribution in [0.4, 0.5) is 0 Å². The summed E-state index contributed by atoms with van der Waals surface area (Å²) in [5.41, 5.74) is 1.89. The number of carboxylic acid groups (broad SMARTS) is 1. The molecule has 8 heteroatoms. The third-order valence-corrected chi connectivity index (χ3v) is 5.35. The molecule has 1 aliphatic rings. The number of morpholine rings is 1. The zero-order chi connectivity index (χ0) is 21.5. The van der Waals surface area contributed by atoms with Crippen LogP contribution in [0.5, 0.6) is 5.75 Å². The Labute approximate surface area is 187 Å². The monoisotopic (exact) mass is 518 g/mol. The third-order valence-electron chi connectivity index (χ3n) is 4.51. The van der Waals surface area contributed by atoms with Crippen LogP contribution in [0, 0.1) is 14.9 Å². The quantitative estimate of drug-likeness (QED) is 0.358. The van der Waals surface area contributed by atoms with Crippen molar-refractivity contribution in [3.05, 3.63) is 68.3 Å². The number of hydrogen-bond acceptors (Lipinski definition) is 5. The van der Waals surface area contributed by atoms with Gasteiger partial charge in [-0.3, -0.25) is 4.79 Å². The lowest BCUT2D eigenvalue weighted by Crippen LogP contribution is -2.41. The Morgan fingerprint density at radius 3 is 2.50 bits per heavy atom. The van der Waals surface area contributed by atoms with Crippen LogP contribution in [-0.2, 0) is 16.1 Å². The number of rotatable bonds is 6. The summed E-state index contributed by atoms with van der Waals surface area (Å²) < 4.78 is 11.9. The molecule has 0 bridgehead atoms. The predicted molar refractivity (Wildman–Crippen MR) is 118 cm³/mol. The minimum absolute atomic E-state index is 0.0832. The molecule has 1 aliphatic heterocycles. The fourth-order valence-electron chi connectivity index (χ4n) is 2.87. The molecule has 154 valence electrons. The van der Waals surface area contributed by atoms with E-state index in [2.05, 4.69) is 22.6 Å².